The third-order valence-corrected chi connectivity index (χ3v) is 5.53. The van der Waals surface area contributed by atoms with E-state index in [1.807, 2.05) is 12.1 Å². The lowest BCUT2D eigenvalue weighted by atomic mass is 9.90. The molecule has 1 fully saturated rings. The summed E-state index contributed by atoms with van der Waals surface area (Å²) >= 11 is 7.66. The molecule has 1 unspecified atom stereocenters. The summed E-state index contributed by atoms with van der Waals surface area (Å²) in [5.41, 5.74) is 8.58. The zero-order valence-electron chi connectivity index (χ0n) is 12.9. The molecule has 5 heteroatoms. The van der Waals surface area contributed by atoms with Crippen LogP contribution in [0.1, 0.15) is 29.6 Å². The fraction of sp³-hybridized carbons (Fsp3) is 0.471. The van der Waals surface area contributed by atoms with Crippen molar-refractivity contribution in [3.63, 3.8) is 0 Å². The maximum Gasteiger partial charge on any atom is 0.0972 e. The first-order valence-corrected chi connectivity index (χ1v) is 8.92. The fourth-order valence-corrected chi connectivity index (χ4v) is 3.88. The lowest BCUT2D eigenvalue weighted by molar-refractivity contribution is 0.272. The van der Waals surface area contributed by atoms with E-state index in [-0.39, 0.29) is 5.41 Å². The minimum absolute atomic E-state index is 0.280. The van der Waals surface area contributed by atoms with Crippen LogP contribution >= 0.6 is 22.9 Å². The first-order chi connectivity index (χ1) is 10.6. The Bertz CT molecular complexity index is 625. The topological polar surface area (TPSA) is 42.1 Å². The second-order valence-corrected chi connectivity index (χ2v) is 7.89. The van der Waals surface area contributed by atoms with E-state index in [2.05, 4.69) is 29.3 Å². The Morgan fingerprint density at radius 1 is 1.36 bits per heavy atom. The summed E-state index contributed by atoms with van der Waals surface area (Å²) in [6.07, 6.45) is 2.06. The van der Waals surface area contributed by atoms with Crippen molar-refractivity contribution in [2.75, 3.05) is 19.6 Å². The smallest absolute Gasteiger partial charge is 0.0972 e. The van der Waals surface area contributed by atoms with Crippen LogP contribution in [0.15, 0.2) is 29.6 Å². The average Bonchev–Trinajstić information content (AvgIpc) is 3.10. The highest BCUT2D eigenvalue weighted by atomic mass is 35.5. The number of rotatable bonds is 5. The highest BCUT2D eigenvalue weighted by Crippen LogP contribution is 2.29. The summed E-state index contributed by atoms with van der Waals surface area (Å²) < 4.78 is 0. The summed E-state index contributed by atoms with van der Waals surface area (Å²) in [6.45, 7) is 6.18. The molecule has 1 aliphatic rings. The third-order valence-electron chi connectivity index (χ3n) is 4.38. The van der Waals surface area contributed by atoms with Gasteiger partial charge in [0.05, 0.1) is 10.7 Å². The van der Waals surface area contributed by atoms with Gasteiger partial charge in [-0.1, -0.05) is 30.7 Å². The number of benzene rings is 1. The summed E-state index contributed by atoms with van der Waals surface area (Å²) in [5.74, 6) is 0. The SMILES string of the molecule is CC1(CN)CCN(Cc2csc(Cc3ccc(Cl)cc3)n2)C1. The quantitative estimate of drug-likeness (QED) is 0.908. The molecule has 1 saturated heterocycles. The molecule has 1 aliphatic heterocycles. The number of nitrogens with zero attached hydrogens (tertiary/aromatic N) is 2. The van der Waals surface area contributed by atoms with E-state index in [9.17, 15) is 0 Å². The lowest BCUT2D eigenvalue weighted by Crippen LogP contribution is -2.31. The van der Waals surface area contributed by atoms with Gasteiger partial charge in [0.25, 0.3) is 0 Å². The molecule has 22 heavy (non-hydrogen) atoms. The maximum atomic E-state index is 5.92. The molecule has 1 aromatic heterocycles. The van der Waals surface area contributed by atoms with Gasteiger partial charge in [-0.05, 0) is 42.6 Å². The normalized spacial score (nSPS) is 22.3. The van der Waals surface area contributed by atoms with E-state index in [4.69, 9.17) is 22.3 Å². The third kappa shape index (κ3) is 3.87. The molecule has 0 bridgehead atoms. The van der Waals surface area contributed by atoms with Gasteiger partial charge in [-0.3, -0.25) is 4.90 Å². The molecular formula is C17H22ClN3S. The number of likely N-dealkylation sites (tertiary alicyclic amines) is 1. The Hall–Kier alpha value is -0.940. The molecule has 0 aliphatic carbocycles. The largest absolute Gasteiger partial charge is 0.330 e. The van der Waals surface area contributed by atoms with Crippen LogP contribution in [0, 0.1) is 5.41 Å². The van der Waals surface area contributed by atoms with E-state index in [1.54, 1.807) is 11.3 Å². The Labute approximate surface area is 141 Å². The van der Waals surface area contributed by atoms with Crippen molar-refractivity contribution in [2.24, 2.45) is 11.1 Å². The van der Waals surface area contributed by atoms with Crippen LogP contribution in [0.2, 0.25) is 5.02 Å². The van der Waals surface area contributed by atoms with Crippen molar-refractivity contribution in [3.05, 3.63) is 50.9 Å². The molecule has 0 radical (unpaired) electrons. The molecule has 3 rings (SSSR count). The molecular weight excluding hydrogens is 314 g/mol. The number of thiazole rings is 1. The number of hydrogen-bond acceptors (Lipinski definition) is 4. The fourth-order valence-electron chi connectivity index (χ4n) is 2.94. The van der Waals surface area contributed by atoms with Crippen LogP contribution in [0.25, 0.3) is 0 Å². The standard InChI is InChI=1S/C17H22ClN3S/c1-17(11-19)6-7-21(12-17)9-15-10-22-16(20-15)8-13-2-4-14(18)5-3-13/h2-5,10H,6-9,11-12,19H2,1H3. The highest BCUT2D eigenvalue weighted by molar-refractivity contribution is 7.09. The molecule has 2 aromatic rings. The molecule has 118 valence electrons. The Morgan fingerprint density at radius 3 is 2.82 bits per heavy atom. The van der Waals surface area contributed by atoms with Crippen molar-refractivity contribution in [1.82, 2.24) is 9.88 Å². The number of aromatic nitrogens is 1. The Morgan fingerprint density at radius 2 is 2.14 bits per heavy atom. The van der Waals surface area contributed by atoms with Gasteiger partial charge in [0, 0.05) is 29.9 Å². The van der Waals surface area contributed by atoms with Crippen molar-refractivity contribution in [3.8, 4) is 0 Å². The summed E-state index contributed by atoms with van der Waals surface area (Å²) in [4.78, 5) is 7.24. The van der Waals surface area contributed by atoms with Crippen molar-refractivity contribution in [2.45, 2.75) is 26.3 Å². The zero-order valence-corrected chi connectivity index (χ0v) is 14.5. The second-order valence-electron chi connectivity index (χ2n) is 6.51. The van der Waals surface area contributed by atoms with Crippen molar-refractivity contribution < 1.29 is 0 Å². The predicted molar refractivity (Wildman–Crippen MR) is 93.4 cm³/mol. The first kappa shape index (κ1) is 15.9. The van der Waals surface area contributed by atoms with E-state index in [1.165, 1.54) is 17.7 Å². The van der Waals surface area contributed by atoms with E-state index in [0.29, 0.717) is 0 Å². The molecule has 2 N–H and O–H groups in total. The molecule has 0 amide bonds. The molecule has 0 spiro atoms. The number of hydrogen-bond donors (Lipinski definition) is 1. The van der Waals surface area contributed by atoms with Gasteiger partial charge in [0.15, 0.2) is 0 Å². The molecule has 0 saturated carbocycles. The summed E-state index contributed by atoms with van der Waals surface area (Å²) in [5, 5.41) is 4.13. The van der Waals surface area contributed by atoms with Gasteiger partial charge in [-0.25, -0.2) is 4.98 Å². The van der Waals surface area contributed by atoms with E-state index in [0.717, 1.165) is 42.6 Å². The monoisotopic (exact) mass is 335 g/mol. The minimum atomic E-state index is 0.280. The van der Waals surface area contributed by atoms with Crippen molar-refractivity contribution >= 4 is 22.9 Å². The van der Waals surface area contributed by atoms with Crippen LogP contribution in [0.5, 0.6) is 0 Å². The summed E-state index contributed by atoms with van der Waals surface area (Å²) in [7, 11) is 0. The summed E-state index contributed by atoms with van der Waals surface area (Å²) in [6, 6.07) is 8.00. The molecule has 1 aromatic carbocycles. The van der Waals surface area contributed by atoms with Gasteiger partial charge in [-0.2, -0.15) is 0 Å². The van der Waals surface area contributed by atoms with Crippen LogP contribution in [-0.2, 0) is 13.0 Å². The molecule has 1 atom stereocenters. The van der Waals surface area contributed by atoms with Crippen LogP contribution < -0.4 is 5.73 Å². The van der Waals surface area contributed by atoms with Gasteiger partial charge in [0.1, 0.15) is 0 Å². The number of halogens is 1. The van der Waals surface area contributed by atoms with E-state index >= 15 is 0 Å². The predicted octanol–water partition coefficient (Wildman–Crippen LogP) is 3.56. The van der Waals surface area contributed by atoms with Gasteiger partial charge >= 0.3 is 0 Å². The Balaban J connectivity index is 1.59. The highest BCUT2D eigenvalue weighted by Gasteiger charge is 2.32. The minimum Gasteiger partial charge on any atom is -0.330 e. The average molecular weight is 336 g/mol. The van der Waals surface area contributed by atoms with Crippen LogP contribution in [0.4, 0.5) is 0 Å². The van der Waals surface area contributed by atoms with E-state index < -0.39 is 0 Å². The Kier molecular flexibility index (Phi) is 4.83. The maximum absolute atomic E-state index is 5.92. The molecule has 2 heterocycles. The van der Waals surface area contributed by atoms with Crippen molar-refractivity contribution in [1.29, 1.82) is 0 Å². The number of nitrogens with two attached hydrogens (primary N) is 1. The van der Waals surface area contributed by atoms with Gasteiger partial charge in [0.2, 0.25) is 0 Å². The van der Waals surface area contributed by atoms with Crippen LogP contribution in [0.3, 0.4) is 0 Å². The lowest BCUT2D eigenvalue weighted by Gasteiger charge is -2.22. The first-order valence-electron chi connectivity index (χ1n) is 7.66. The zero-order chi connectivity index (χ0) is 15.6. The molecule has 3 nitrogen and oxygen atoms in total. The van der Waals surface area contributed by atoms with Gasteiger partial charge in [-0.15, -0.1) is 11.3 Å². The second kappa shape index (κ2) is 6.67. The van der Waals surface area contributed by atoms with Gasteiger partial charge < -0.3 is 5.73 Å². The van der Waals surface area contributed by atoms with Crippen LogP contribution in [-0.4, -0.2) is 29.5 Å².